The number of rotatable bonds is 15. The van der Waals surface area contributed by atoms with Crippen molar-refractivity contribution in [3.8, 4) is 5.95 Å². The van der Waals surface area contributed by atoms with Crippen LogP contribution in [0.4, 0.5) is 0 Å². The largest absolute Gasteiger partial charge is 0.475 e. The Labute approximate surface area is 146 Å². The molecule has 0 aliphatic heterocycles. The fourth-order valence-electron chi connectivity index (χ4n) is 2.80. The summed E-state index contributed by atoms with van der Waals surface area (Å²) < 4.78 is 10.6. The van der Waals surface area contributed by atoms with Crippen molar-refractivity contribution < 1.29 is 19.1 Å². The van der Waals surface area contributed by atoms with Gasteiger partial charge in [-0.15, -0.1) is 0 Å². The predicted octanol–water partition coefficient (Wildman–Crippen LogP) is 6.30. The van der Waals surface area contributed by atoms with E-state index in [1.165, 1.54) is 70.3 Å². The molecular weight excluding hydrogens is 304 g/mol. The van der Waals surface area contributed by atoms with Gasteiger partial charge in [-0.1, -0.05) is 78.1 Å². The first-order valence-corrected chi connectivity index (χ1v) is 9.59. The van der Waals surface area contributed by atoms with Gasteiger partial charge >= 0.3 is 5.97 Å². The highest BCUT2D eigenvalue weighted by atomic mass is 16.6. The van der Waals surface area contributed by atoms with E-state index >= 15 is 0 Å². The molecule has 0 aliphatic carbocycles. The topological polar surface area (TPSA) is 59.7 Å². The molecule has 4 nitrogen and oxygen atoms in total. The van der Waals surface area contributed by atoms with Crippen molar-refractivity contribution in [2.75, 3.05) is 6.61 Å². The van der Waals surface area contributed by atoms with Crippen LogP contribution in [-0.2, 0) is 0 Å². The first-order chi connectivity index (χ1) is 11.6. The summed E-state index contributed by atoms with van der Waals surface area (Å²) in [5, 5.41) is 8.78. The summed E-state index contributed by atoms with van der Waals surface area (Å²) in [5.74, 6) is -0.393. The van der Waals surface area contributed by atoms with Crippen molar-refractivity contribution in [1.82, 2.24) is 0 Å². The molecule has 138 valence electrons. The van der Waals surface area contributed by atoms with Gasteiger partial charge in [0.1, 0.15) is 0 Å². The highest BCUT2D eigenvalue weighted by Gasteiger charge is 2.10. The molecule has 0 aromatic carbocycles. The molecule has 0 spiro atoms. The molecular formula is C20H34O4. The van der Waals surface area contributed by atoms with Crippen molar-refractivity contribution in [3.63, 3.8) is 0 Å². The van der Waals surface area contributed by atoms with E-state index in [0.29, 0.717) is 18.5 Å². The maximum atomic E-state index is 10.7. The van der Waals surface area contributed by atoms with Crippen LogP contribution in [0.1, 0.15) is 95.0 Å². The molecule has 0 fully saturated rings. The van der Waals surface area contributed by atoms with Crippen LogP contribution in [0.3, 0.4) is 0 Å². The number of carbonyl (C=O) groups is 1. The third kappa shape index (κ3) is 9.64. The Morgan fingerprint density at radius 1 is 1.04 bits per heavy atom. The number of hydrogen-bond acceptors (Lipinski definition) is 3. The molecule has 0 radical (unpaired) electrons. The fraction of sp³-hybridized carbons (Fsp3) is 0.750. The number of aromatic carboxylic acids is 1. The molecule has 1 atom stereocenters. The SMILES string of the molecule is CCCCCCCCCCCCC(C)COc1ccc(C(=O)O)o1. The molecule has 0 aliphatic rings. The normalized spacial score (nSPS) is 12.2. The van der Waals surface area contributed by atoms with Crippen LogP contribution in [0.15, 0.2) is 16.5 Å². The van der Waals surface area contributed by atoms with E-state index in [1.807, 2.05) is 0 Å². The Kier molecular flexibility index (Phi) is 11.1. The lowest BCUT2D eigenvalue weighted by Gasteiger charge is -2.11. The minimum absolute atomic E-state index is 0.0765. The van der Waals surface area contributed by atoms with Crippen LogP contribution in [0.5, 0.6) is 5.95 Å². The van der Waals surface area contributed by atoms with Gasteiger partial charge in [0.15, 0.2) is 0 Å². The Balaban J connectivity index is 1.94. The third-order valence-electron chi connectivity index (χ3n) is 4.35. The summed E-state index contributed by atoms with van der Waals surface area (Å²) in [6, 6.07) is 2.99. The van der Waals surface area contributed by atoms with E-state index in [-0.39, 0.29) is 5.76 Å². The Hall–Kier alpha value is -1.45. The Morgan fingerprint density at radius 2 is 1.62 bits per heavy atom. The maximum Gasteiger partial charge on any atom is 0.371 e. The van der Waals surface area contributed by atoms with E-state index in [2.05, 4.69) is 13.8 Å². The lowest BCUT2D eigenvalue weighted by atomic mass is 10.0. The van der Waals surface area contributed by atoms with E-state index in [1.54, 1.807) is 6.07 Å². The second-order valence-electron chi connectivity index (χ2n) is 6.81. The minimum atomic E-state index is -1.07. The summed E-state index contributed by atoms with van der Waals surface area (Å²) in [6.45, 7) is 4.99. The van der Waals surface area contributed by atoms with Crippen molar-refractivity contribution >= 4 is 5.97 Å². The summed E-state index contributed by atoms with van der Waals surface area (Å²) in [7, 11) is 0. The molecule has 1 aromatic heterocycles. The molecule has 24 heavy (non-hydrogen) atoms. The first kappa shape index (κ1) is 20.6. The van der Waals surface area contributed by atoms with Gasteiger partial charge in [0.25, 0.3) is 5.95 Å². The highest BCUT2D eigenvalue weighted by Crippen LogP contribution is 2.18. The minimum Gasteiger partial charge on any atom is -0.475 e. The van der Waals surface area contributed by atoms with Crippen LogP contribution in [-0.4, -0.2) is 17.7 Å². The summed E-state index contributed by atoms with van der Waals surface area (Å²) >= 11 is 0. The molecule has 0 amide bonds. The van der Waals surface area contributed by atoms with E-state index in [4.69, 9.17) is 14.3 Å². The zero-order valence-corrected chi connectivity index (χ0v) is 15.4. The van der Waals surface area contributed by atoms with Gasteiger partial charge in [-0.05, 0) is 18.4 Å². The van der Waals surface area contributed by atoms with Gasteiger partial charge in [-0.25, -0.2) is 4.79 Å². The highest BCUT2D eigenvalue weighted by molar-refractivity contribution is 5.84. The smallest absolute Gasteiger partial charge is 0.371 e. The average molecular weight is 338 g/mol. The summed E-state index contributed by atoms with van der Waals surface area (Å²) in [6.07, 6.45) is 14.7. The molecule has 0 saturated heterocycles. The standard InChI is InChI=1S/C20H34O4/c1-3-4-5-6-7-8-9-10-11-12-13-17(2)16-23-19-15-14-18(24-19)20(21)22/h14-15,17H,3-13,16H2,1-2H3,(H,21,22). The molecule has 1 aromatic rings. The monoisotopic (exact) mass is 338 g/mol. The number of ether oxygens (including phenoxy) is 1. The molecule has 0 saturated carbocycles. The summed E-state index contributed by atoms with van der Waals surface area (Å²) in [4.78, 5) is 10.7. The molecule has 1 N–H and O–H groups in total. The van der Waals surface area contributed by atoms with E-state index < -0.39 is 5.97 Å². The molecule has 4 heteroatoms. The van der Waals surface area contributed by atoms with E-state index in [0.717, 1.165) is 6.42 Å². The number of hydrogen-bond donors (Lipinski definition) is 1. The van der Waals surface area contributed by atoms with Crippen LogP contribution in [0, 0.1) is 5.92 Å². The van der Waals surface area contributed by atoms with Crippen molar-refractivity contribution in [2.24, 2.45) is 5.92 Å². The second kappa shape index (κ2) is 12.9. The fourth-order valence-corrected chi connectivity index (χ4v) is 2.80. The van der Waals surface area contributed by atoms with Gasteiger partial charge < -0.3 is 14.3 Å². The van der Waals surface area contributed by atoms with Crippen LogP contribution >= 0.6 is 0 Å². The van der Waals surface area contributed by atoms with Crippen molar-refractivity contribution in [3.05, 3.63) is 17.9 Å². The van der Waals surface area contributed by atoms with Crippen molar-refractivity contribution in [2.45, 2.75) is 84.5 Å². The van der Waals surface area contributed by atoms with Gasteiger partial charge in [0.05, 0.1) is 6.61 Å². The average Bonchev–Trinajstić information content (AvgIpc) is 3.04. The zero-order chi connectivity index (χ0) is 17.6. The quantitative estimate of drug-likeness (QED) is 0.381. The number of furan rings is 1. The zero-order valence-electron chi connectivity index (χ0n) is 15.4. The maximum absolute atomic E-state index is 10.7. The van der Waals surface area contributed by atoms with Gasteiger partial charge in [-0.2, -0.15) is 0 Å². The molecule has 1 heterocycles. The van der Waals surface area contributed by atoms with Crippen molar-refractivity contribution in [1.29, 1.82) is 0 Å². The van der Waals surface area contributed by atoms with Crippen LogP contribution in [0.2, 0.25) is 0 Å². The van der Waals surface area contributed by atoms with Gasteiger partial charge in [-0.3, -0.25) is 0 Å². The first-order valence-electron chi connectivity index (χ1n) is 9.59. The molecule has 1 rings (SSSR count). The number of unbranched alkanes of at least 4 members (excludes halogenated alkanes) is 9. The summed E-state index contributed by atoms with van der Waals surface area (Å²) in [5.41, 5.74) is 0. The lowest BCUT2D eigenvalue weighted by Crippen LogP contribution is -2.08. The van der Waals surface area contributed by atoms with Gasteiger partial charge in [0.2, 0.25) is 5.76 Å². The second-order valence-corrected chi connectivity index (χ2v) is 6.81. The third-order valence-corrected chi connectivity index (χ3v) is 4.35. The molecule has 1 unspecified atom stereocenters. The van der Waals surface area contributed by atoms with Crippen LogP contribution < -0.4 is 4.74 Å². The Morgan fingerprint density at radius 3 is 2.17 bits per heavy atom. The van der Waals surface area contributed by atoms with Crippen LogP contribution in [0.25, 0.3) is 0 Å². The number of carboxylic acids is 1. The van der Waals surface area contributed by atoms with Gasteiger partial charge in [0, 0.05) is 6.07 Å². The van der Waals surface area contributed by atoms with E-state index in [9.17, 15) is 4.79 Å². The predicted molar refractivity (Wildman–Crippen MR) is 96.8 cm³/mol. The Bertz CT molecular complexity index is 439. The molecule has 0 bridgehead atoms. The number of carboxylic acid groups (broad SMARTS) is 1. The lowest BCUT2D eigenvalue weighted by molar-refractivity contribution is 0.0651.